The molecule has 1 N–H and O–H groups in total. The van der Waals surface area contributed by atoms with E-state index in [4.69, 9.17) is 11.6 Å². The molecule has 0 bridgehead atoms. The van der Waals surface area contributed by atoms with E-state index in [0.29, 0.717) is 5.88 Å². The zero-order valence-corrected chi connectivity index (χ0v) is 12.3. The molecule has 0 saturated heterocycles. The van der Waals surface area contributed by atoms with Gasteiger partial charge in [0.25, 0.3) is 0 Å². The van der Waals surface area contributed by atoms with Gasteiger partial charge in [-0.1, -0.05) is 28.1 Å². The number of nitrogens with one attached hydrogen (secondary N) is 1. The summed E-state index contributed by atoms with van der Waals surface area (Å²) < 4.78 is 1.10. The molecule has 3 rings (SSSR count). The van der Waals surface area contributed by atoms with E-state index >= 15 is 0 Å². The van der Waals surface area contributed by atoms with Gasteiger partial charge in [0.2, 0.25) is 0 Å². The molecule has 2 aromatic rings. The van der Waals surface area contributed by atoms with E-state index < -0.39 is 0 Å². The zero-order chi connectivity index (χ0) is 12.6. The van der Waals surface area contributed by atoms with Gasteiger partial charge in [0.05, 0.1) is 5.54 Å². The molecule has 1 aliphatic carbocycles. The normalized spacial score (nSPS) is 17.4. The van der Waals surface area contributed by atoms with E-state index in [2.05, 4.69) is 32.3 Å². The molecule has 4 heteroatoms. The van der Waals surface area contributed by atoms with Gasteiger partial charge in [0.1, 0.15) is 5.82 Å². The summed E-state index contributed by atoms with van der Waals surface area (Å²) in [4.78, 5) is 4.47. The van der Waals surface area contributed by atoms with Crippen molar-refractivity contribution in [3.05, 3.63) is 34.9 Å². The average molecular weight is 326 g/mol. The highest BCUT2D eigenvalue weighted by Gasteiger charge is 2.36. The monoisotopic (exact) mass is 324 g/mol. The predicted octanol–water partition coefficient (Wildman–Crippen LogP) is 4.57. The SMILES string of the molecule is ClCC1(Nc2nccc3c(Br)cccc23)CCC1. The van der Waals surface area contributed by atoms with Crippen LogP contribution in [0, 0.1) is 0 Å². The van der Waals surface area contributed by atoms with E-state index in [1.807, 2.05) is 24.4 Å². The van der Waals surface area contributed by atoms with Gasteiger partial charge in [-0.25, -0.2) is 4.98 Å². The molecule has 1 fully saturated rings. The molecule has 0 atom stereocenters. The van der Waals surface area contributed by atoms with Crippen molar-refractivity contribution in [1.82, 2.24) is 4.98 Å². The van der Waals surface area contributed by atoms with Gasteiger partial charge in [0, 0.05) is 27.3 Å². The van der Waals surface area contributed by atoms with Crippen LogP contribution >= 0.6 is 27.5 Å². The third-order valence-electron chi connectivity index (χ3n) is 3.70. The summed E-state index contributed by atoms with van der Waals surface area (Å²) in [5, 5.41) is 5.87. The van der Waals surface area contributed by atoms with Crippen LogP contribution in [-0.2, 0) is 0 Å². The Balaban J connectivity index is 2.04. The maximum Gasteiger partial charge on any atom is 0.134 e. The Morgan fingerprint density at radius 1 is 1.28 bits per heavy atom. The Morgan fingerprint density at radius 2 is 2.11 bits per heavy atom. The lowest BCUT2D eigenvalue weighted by molar-refractivity contribution is 0.310. The number of halogens is 2. The molecule has 0 unspecified atom stereocenters. The molecule has 2 nitrogen and oxygen atoms in total. The van der Waals surface area contributed by atoms with Crippen molar-refractivity contribution >= 4 is 44.1 Å². The van der Waals surface area contributed by atoms with Crippen molar-refractivity contribution in [3.8, 4) is 0 Å². The van der Waals surface area contributed by atoms with Crippen molar-refractivity contribution < 1.29 is 0 Å². The van der Waals surface area contributed by atoms with Crippen LogP contribution in [0.5, 0.6) is 0 Å². The van der Waals surface area contributed by atoms with Gasteiger partial charge in [0.15, 0.2) is 0 Å². The molecule has 0 amide bonds. The Kier molecular flexibility index (Phi) is 3.20. The standard InChI is InChI=1S/C14H14BrClN2/c15-12-4-1-3-11-10(12)5-8-17-13(11)18-14(9-16)6-2-7-14/h1,3-5,8H,2,6-7,9H2,(H,17,18). The minimum absolute atomic E-state index is 0.0468. The summed E-state index contributed by atoms with van der Waals surface area (Å²) in [6.45, 7) is 0. The number of benzene rings is 1. The molecule has 1 saturated carbocycles. The zero-order valence-electron chi connectivity index (χ0n) is 9.92. The predicted molar refractivity (Wildman–Crippen MR) is 80.4 cm³/mol. The average Bonchev–Trinajstić information content (AvgIpc) is 2.35. The Morgan fingerprint density at radius 3 is 2.78 bits per heavy atom. The first-order valence-corrected chi connectivity index (χ1v) is 7.44. The third-order valence-corrected chi connectivity index (χ3v) is 4.91. The van der Waals surface area contributed by atoms with E-state index in [9.17, 15) is 0 Å². The van der Waals surface area contributed by atoms with Crippen molar-refractivity contribution in [2.24, 2.45) is 0 Å². The molecule has 1 aromatic carbocycles. The first kappa shape index (κ1) is 12.2. The lowest BCUT2D eigenvalue weighted by atomic mass is 9.78. The van der Waals surface area contributed by atoms with Gasteiger partial charge >= 0.3 is 0 Å². The maximum atomic E-state index is 6.09. The van der Waals surface area contributed by atoms with E-state index in [-0.39, 0.29) is 5.54 Å². The first-order valence-electron chi connectivity index (χ1n) is 6.11. The van der Waals surface area contributed by atoms with Gasteiger partial charge < -0.3 is 5.32 Å². The van der Waals surface area contributed by atoms with Gasteiger partial charge in [-0.05, 0) is 31.4 Å². The van der Waals surface area contributed by atoms with E-state index in [1.54, 1.807) is 0 Å². The number of nitrogens with zero attached hydrogens (tertiary/aromatic N) is 1. The number of hydrogen-bond donors (Lipinski definition) is 1. The number of rotatable bonds is 3. The highest BCUT2D eigenvalue weighted by Crippen LogP contribution is 2.38. The fourth-order valence-electron chi connectivity index (χ4n) is 2.42. The number of pyridine rings is 1. The molecular formula is C14H14BrClN2. The second-order valence-electron chi connectivity index (χ2n) is 4.89. The van der Waals surface area contributed by atoms with E-state index in [0.717, 1.165) is 28.5 Å². The van der Waals surface area contributed by atoms with Crippen LogP contribution in [0.15, 0.2) is 34.9 Å². The van der Waals surface area contributed by atoms with Crippen LogP contribution in [-0.4, -0.2) is 16.4 Å². The molecule has 18 heavy (non-hydrogen) atoms. The van der Waals surface area contributed by atoms with Gasteiger partial charge in [-0.3, -0.25) is 0 Å². The van der Waals surface area contributed by atoms with Crippen LogP contribution in [0.3, 0.4) is 0 Å². The molecule has 1 heterocycles. The molecule has 1 aliphatic rings. The molecule has 1 aromatic heterocycles. The van der Waals surface area contributed by atoms with Crippen LogP contribution in [0.1, 0.15) is 19.3 Å². The van der Waals surface area contributed by atoms with Crippen LogP contribution in [0.4, 0.5) is 5.82 Å². The fourth-order valence-corrected chi connectivity index (χ4v) is 3.25. The lowest BCUT2D eigenvalue weighted by Gasteiger charge is -2.41. The van der Waals surface area contributed by atoms with Gasteiger partial charge in [-0.2, -0.15) is 0 Å². The highest BCUT2D eigenvalue weighted by molar-refractivity contribution is 9.10. The molecule has 94 valence electrons. The van der Waals surface area contributed by atoms with Crippen LogP contribution in [0.25, 0.3) is 10.8 Å². The maximum absolute atomic E-state index is 6.09. The molecule has 0 radical (unpaired) electrons. The number of alkyl halides is 1. The van der Waals surface area contributed by atoms with Crippen molar-refractivity contribution in [3.63, 3.8) is 0 Å². The Labute approximate surface area is 120 Å². The highest BCUT2D eigenvalue weighted by atomic mass is 79.9. The summed E-state index contributed by atoms with van der Waals surface area (Å²) in [7, 11) is 0. The lowest BCUT2D eigenvalue weighted by Crippen LogP contribution is -2.47. The number of anilines is 1. The third kappa shape index (κ3) is 1.99. The number of hydrogen-bond acceptors (Lipinski definition) is 2. The van der Waals surface area contributed by atoms with E-state index in [1.165, 1.54) is 11.8 Å². The number of fused-ring (bicyclic) bond motifs is 1. The van der Waals surface area contributed by atoms with Crippen LogP contribution in [0.2, 0.25) is 0 Å². The summed E-state index contributed by atoms with van der Waals surface area (Å²) >= 11 is 9.67. The molecule has 0 spiro atoms. The summed E-state index contributed by atoms with van der Waals surface area (Å²) in [6.07, 6.45) is 5.34. The summed E-state index contributed by atoms with van der Waals surface area (Å²) in [5.41, 5.74) is 0.0468. The van der Waals surface area contributed by atoms with Crippen molar-refractivity contribution in [1.29, 1.82) is 0 Å². The van der Waals surface area contributed by atoms with Crippen LogP contribution < -0.4 is 5.32 Å². The van der Waals surface area contributed by atoms with Crippen molar-refractivity contribution in [2.45, 2.75) is 24.8 Å². The summed E-state index contributed by atoms with van der Waals surface area (Å²) in [6, 6.07) is 8.20. The second kappa shape index (κ2) is 4.71. The Hall–Kier alpha value is -0.800. The minimum Gasteiger partial charge on any atom is -0.363 e. The smallest absolute Gasteiger partial charge is 0.134 e. The quantitative estimate of drug-likeness (QED) is 0.836. The first-order chi connectivity index (χ1) is 8.74. The summed E-state index contributed by atoms with van der Waals surface area (Å²) in [5.74, 6) is 1.58. The van der Waals surface area contributed by atoms with Crippen molar-refractivity contribution in [2.75, 3.05) is 11.2 Å². The number of aromatic nitrogens is 1. The molecular weight excluding hydrogens is 312 g/mol. The van der Waals surface area contributed by atoms with Gasteiger partial charge in [-0.15, -0.1) is 11.6 Å². The molecule has 0 aliphatic heterocycles. The topological polar surface area (TPSA) is 24.9 Å². The fraction of sp³-hybridized carbons (Fsp3) is 0.357. The second-order valence-corrected chi connectivity index (χ2v) is 6.01. The largest absolute Gasteiger partial charge is 0.363 e. The Bertz CT molecular complexity index is 576. The minimum atomic E-state index is 0.0468.